The van der Waals surface area contributed by atoms with Crippen molar-refractivity contribution in [2.24, 2.45) is 0 Å². The first-order valence-electron chi connectivity index (χ1n) is 6.55. The molecule has 3 heteroatoms. The van der Waals surface area contributed by atoms with Gasteiger partial charge < -0.3 is 9.47 Å². The minimum atomic E-state index is -0.279. The standard InChI is InChI=1S/C13H24O3/c1-3-4-5-6-7-8-12-9-10-13(16-12)15-11(2)14/h12-13H,3-10H2,1-2H3. The minimum absolute atomic E-state index is 0.242. The monoisotopic (exact) mass is 228 g/mol. The van der Waals surface area contributed by atoms with Gasteiger partial charge in [-0.15, -0.1) is 0 Å². The maximum Gasteiger partial charge on any atom is 0.304 e. The predicted molar refractivity (Wildman–Crippen MR) is 63.0 cm³/mol. The van der Waals surface area contributed by atoms with Crippen molar-refractivity contribution in [2.45, 2.75) is 77.6 Å². The maximum absolute atomic E-state index is 10.7. The van der Waals surface area contributed by atoms with Crippen molar-refractivity contribution in [2.75, 3.05) is 0 Å². The first-order valence-corrected chi connectivity index (χ1v) is 6.55. The van der Waals surface area contributed by atoms with E-state index in [1.54, 1.807) is 0 Å². The van der Waals surface area contributed by atoms with Gasteiger partial charge in [-0.05, 0) is 12.8 Å². The zero-order chi connectivity index (χ0) is 11.8. The smallest absolute Gasteiger partial charge is 0.304 e. The average Bonchev–Trinajstić information content (AvgIpc) is 2.64. The van der Waals surface area contributed by atoms with Gasteiger partial charge in [-0.2, -0.15) is 0 Å². The summed E-state index contributed by atoms with van der Waals surface area (Å²) in [6.45, 7) is 3.66. The topological polar surface area (TPSA) is 35.5 Å². The fourth-order valence-corrected chi connectivity index (χ4v) is 2.13. The van der Waals surface area contributed by atoms with Crippen molar-refractivity contribution in [3.8, 4) is 0 Å². The Kier molecular flexibility index (Phi) is 6.46. The molecule has 2 unspecified atom stereocenters. The molecular weight excluding hydrogens is 204 g/mol. The highest BCUT2D eigenvalue weighted by Gasteiger charge is 2.26. The van der Waals surface area contributed by atoms with Crippen LogP contribution >= 0.6 is 0 Å². The van der Waals surface area contributed by atoms with E-state index in [0.717, 1.165) is 19.3 Å². The number of hydrogen-bond donors (Lipinski definition) is 0. The molecular formula is C13H24O3. The van der Waals surface area contributed by atoms with Crippen LogP contribution < -0.4 is 0 Å². The Morgan fingerprint density at radius 1 is 1.25 bits per heavy atom. The molecule has 1 heterocycles. The zero-order valence-electron chi connectivity index (χ0n) is 10.5. The molecule has 0 radical (unpaired) electrons. The van der Waals surface area contributed by atoms with Crippen LogP contribution in [0.5, 0.6) is 0 Å². The molecule has 0 bridgehead atoms. The lowest BCUT2D eigenvalue weighted by Crippen LogP contribution is -2.16. The van der Waals surface area contributed by atoms with Gasteiger partial charge in [0.1, 0.15) is 0 Å². The molecule has 0 N–H and O–H groups in total. The molecule has 1 aliphatic heterocycles. The Balaban J connectivity index is 2.01. The highest BCUT2D eigenvalue weighted by atomic mass is 16.7. The van der Waals surface area contributed by atoms with Crippen molar-refractivity contribution in [3.05, 3.63) is 0 Å². The van der Waals surface area contributed by atoms with E-state index in [9.17, 15) is 4.79 Å². The van der Waals surface area contributed by atoms with Crippen LogP contribution in [0.4, 0.5) is 0 Å². The van der Waals surface area contributed by atoms with E-state index in [4.69, 9.17) is 9.47 Å². The number of ether oxygens (including phenoxy) is 2. The molecule has 16 heavy (non-hydrogen) atoms. The van der Waals surface area contributed by atoms with Crippen molar-refractivity contribution in [1.82, 2.24) is 0 Å². The van der Waals surface area contributed by atoms with Crippen LogP contribution in [0.1, 0.15) is 65.2 Å². The van der Waals surface area contributed by atoms with Crippen LogP contribution in [0.25, 0.3) is 0 Å². The van der Waals surface area contributed by atoms with Gasteiger partial charge in [0.2, 0.25) is 6.29 Å². The first-order chi connectivity index (χ1) is 7.72. The zero-order valence-corrected chi connectivity index (χ0v) is 10.5. The minimum Gasteiger partial charge on any atom is -0.436 e. The summed E-state index contributed by atoms with van der Waals surface area (Å²) in [5.41, 5.74) is 0. The van der Waals surface area contributed by atoms with Gasteiger partial charge in [0.15, 0.2) is 0 Å². The molecule has 0 aromatic heterocycles. The largest absolute Gasteiger partial charge is 0.436 e. The normalized spacial score (nSPS) is 24.6. The number of hydrogen-bond acceptors (Lipinski definition) is 3. The van der Waals surface area contributed by atoms with Gasteiger partial charge in [0, 0.05) is 13.3 Å². The summed E-state index contributed by atoms with van der Waals surface area (Å²) in [7, 11) is 0. The molecule has 1 saturated heterocycles. The summed E-state index contributed by atoms with van der Waals surface area (Å²) in [5.74, 6) is -0.242. The number of carbonyl (C=O) groups excluding carboxylic acids is 1. The highest BCUT2D eigenvalue weighted by molar-refractivity contribution is 5.66. The van der Waals surface area contributed by atoms with Crippen LogP contribution in [-0.4, -0.2) is 18.4 Å². The molecule has 3 nitrogen and oxygen atoms in total. The molecule has 1 rings (SSSR count). The van der Waals surface area contributed by atoms with Gasteiger partial charge in [-0.3, -0.25) is 4.79 Å². The number of carbonyl (C=O) groups is 1. The van der Waals surface area contributed by atoms with E-state index < -0.39 is 0 Å². The van der Waals surface area contributed by atoms with Crippen LogP contribution in [0.3, 0.4) is 0 Å². The molecule has 0 saturated carbocycles. The summed E-state index contributed by atoms with van der Waals surface area (Å²) in [4.78, 5) is 10.7. The summed E-state index contributed by atoms with van der Waals surface area (Å²) in [5, 5.41) is 0. The van der Waals surface area contributed by atoms with Gasteiger partial charge >= 0.3 is 5.97 Å². The molecule has 0 aromatic rings. The first kappa shape index (κ1) is 13.5. The third kappa shape index (κ3) is 5.50. The second kappa shape index (κ2) is 7.66. The van der Waals surface area contributed by atoms with E-state index in [2.05, 4.69) is 6.92 Å². The van der Waals surface area contributed by atoms with Gasteiger partial charge in [-0.25, -0.2) is 0 Å². The lowest BCUT2D eigenvalue weighted by atomic mass is 10.1. The van der Waals surface area contributed by atoms with Crippen molar-refractivity contribution < 1.29 is 14.3 Å². The molecule has 1 fully saturated rings. The fraction of sp³-hybridized carbons (Fsp3) is 0.923. The number of rotatable bonds is 7. The third-order valence-electron chi connectivity index (χ3n) is 3.00. The number of unbranched alkanes of at least 4 members (excludes halogenated alkanes) is 4. The van der Waals surface area contributed by atoms with Gasteiger partial charge in [0.25, 0.3) is 0 Å². The SMILES string of the molecule is CCCCCCCC1CCC(OC(C)=O)O1. The lowest BCUT2D eigenvalue weighted by molar-refractivity contribution is -0.173. The summed E-state index contributed by atoms with van der Waals surface area (Å²) in [6.07, 6.45) is 9.52. The van der Waals surface area contributed by atoms with E-state index in [0.29, 0.717) is 6.10 Å². The fourth-order valence-electron chi connectivity index (χ4n) is 2.13. The number of esters is 1. The average molecular weight is 228 g/mol. The van der Waals surface area contributed by atoms with Gasteiger partial charge in [0.05, 0.1) is 6.10 Å². The molecule has 0 aromatic carbocycles. The predicted octanol–water partition coefficient (Wildman–Crippen LogP) is 3.42. The van der Waals surface area contributed by atoms with E-state index >= 15 is 0 Å². The van der Waals surface area contributed by atoms with Crippen LogP contribution in [0.2, 0.25) is 0 Å². The second-order valence-corrected chi connectivity index (χ2v) is 4.58. The summed E-state index contributed by atoms with van der Waals surface area (Å²) < 4.78 is 10.7. The Morgan fingerprint density at radius 2 is 2.00 bits per heavy atom. The molecule has 1 aliphatic rings. The second-order valence-electron chi connectivity index (χ2n) is 4.58. The molecule has 2 atom stereocenters. The molecule has 0 amide bonds. The lowest BCUT2D eigenvalue weighted by Gasteiger charge is -2.13. The summed E-state index contributed by atoms with van der Waals surface area (Å²) >= 11 is 0. The molecule has 0 spiro atoms. The van der Waals surface area contributed by atoms with Crippen LogP contribution in [0, 0.1) is 0 Å². The van der Waals surface area contributed by atoms with Crippen molar-refractivity contribution >= 4 is 5.97 Å². The Bertz CT molecular complexity index is 203. The van der Waals surface area contributed by atoms with E-state index in [1.807, 2.05) is 0 Å². The summed E-state index contributed by atoms with van der Waals surface area (Å²) in [6, 6.07) is 0. The van der Waals surface area contributed by atoms with Gasteiger partial charge in [-0.1, -0.05) is 39.0 Å². The highest BCUT2D eigenvalue weighted by Crippen LogP contribution is 2.24. The van der Waals surface area contributed by atoms with Crippen LogP contribution in [0.15, 0.2) is 0 Å². The third-order valence-corrected chi connectivity index (χ3v) is 3.00. The van der Waals surface area contributed by atoms with E-state index in [1.165, 1.54) is 39.0 Å². The Morgan fingerprint density at radius 3 is 2.69 bits per heavy atom. The Labute approximate surface area is 98.5 Å². The maximum atomic E-state index is 10.7. The van der Waals surface area contributed by atoms with Crippen molar-refractivity contribution in [3.63, 3.8) is 0 Å². The molecule has 94 valence electrons. The van der Waals surface area contributed by atoms with E-state index in [-0.39, 0.29) is 12.3 Å². The van der Waals surface area contributed by atoms with Crippen LogP contribution in [-0.2, 0) is 14.3 Å². The molecule has 0 aliphatic carbocycles. The quantitative estimate of drug-likeness (QED) is 0.495. The Hall–Kier alpha value is -0.570. The van der Waals surface area contributed by atoms with Crippen molar-refractivity contribution in [1.29, 1.82) is 0 Å².